The second-order valence-corrected chi connectivity index (χ2v) is 26.2. The molecule has 9 rings (SSSR count). The number of anilines is 3. The van der Waals surface area contributed by atoms with E-state index < -0.39 is 68.9 Å². The molecule has 3 aromatic heterocycles. The number of carbonyl (C=O) groups is 11. The highest BCUT2D eigenvalue weighted by molar-refractivity contribution is 7.88. The lowest BCUT2D eigenvalue weighted by Crippen LogP contribution is -2.54. The summed E-state index contributed by atoms with van der Waals surface area (Å²) in [6.45, 7) is 16.0. The third kappa shape index (κ3) is 16.8. The molecule has 506 valence electrons. The van der Waals surface area contributed by atoms with Crippen LogP contribution in [0.5, 0.6) is 0 Å². The Kier molecular flexibility index (Phi) is 22.6. The Bertz CT molecular complexity index is 4290. The number of benzene rings is 3. The Labute approximate surface area is 547 Å². The van der Waals surface area contributed by atoms with Crippen molar-refractivity contribution >= 4 is 91.6 Å². The summed E-state index contributed by atoms with van der Waals surface area (Å²) in [5.41, 5.74) is 6.24. The maximum Gasteiger partial charge on any atom is 0.294 e. The number of amides is 7. The summed E-state index contributed by atoms with van der Waals surface area (Å²) in [4.78, 5) is 138. The fourth-order valence-corrected chi connectivity index (χ4v) is 12.7. The van der Waals surface area contributed by atoms with Crippen molar-refractivity contribution in [1.29, 1.82) is 0 Å². The van der Waals surface area contributed by atoms with Crippen molar-refractivity contribution in [3.8, 4) is 0 Å². The summed E-state index contributed by atoms with van der Waals surface area (Å²) < 4.78 is 70.0. The number of nitrogens with one attached hydrogen (secondary N) is 8. The van der Waals surface area contributed by atoms with E-state index in [1.807, 2.05) is 0 Å². The average molecular weight is 1330 g/mol. The van der Waals surface area contributed by atoms with Crippen LogP contribution in [0.1, 0.15) is 165 Å². The number of sulfonamides is 1. The fraction of sp³-hybridized carbons (Fsp3) is 0.388. The van der Waals surface area contributed by atoms with Gasteiger partial charge in [-0.25, -0.2) is 26.3 Å². The van der Waals surface area contributed by atoms with E-state index in [0.717, 1.165) is 6.26 Å². The topological polar surface area (TPSA) is 333 Å². The van der Waals surface area contributed by atoms with E-state index in [9.17, 15) is 74.3 Å². The zero-order valence-electron chi connectivity index (χ0n) is 55.2. The maximum atomic E-state index is 13.5. The van der Waals surface area contributed by atoms with Crippen LogP contribution in [0.2, 0.25) is 0 Å². The smallest absolute Gasteiger partial charge is 0.294 e. The molecule has 0 aliphatic heterocycles. The van der Waals surface area contributed by atoms with Gasteiger partial charge in [-0.1, -0.05) is 0 Å². The third-order valence-electron chi connectivity index (χ3n) is 17.3. The summed E-state index contributed by atoms with van der Waals surface area (Å²) in [5, 5.41) is 18.7. The predicted molar refractivity (Wildman–Crippen MR) is 347 cm³/mol. The van der Waals surface area contributed by atoms with Crippen molar-refractivity contribution < 1.29 is 74.3 Å². The van der Waals surface area contributed by atoms with E-state index >= 15 is 0 Å². The summed E-state index contributed by atoms with van der Waals surface area (Å²) in [6.07, 6.45) is 4.58. The number of hydrogen-bond acceptors (Lipinski definition) is 13. The van der Waals surface area contributed by atoms with Crippen LogP contribution in [0, 0.1) is 79.8 Å². The van der Waals surface area contributed by atoms with Crippen LogP contribution in [-0.4, -0.2) is 123 Å². The molecule has 3 aliphatic carbocycles. The zero-order chi connectivity index (χ0) is 70.6. The van der Waals surface area contributed by atoms with Crippen LogP contribution in [0.4, 0.5) is 30.2 Å². The molecule has 3 aliphatic rings. The van der Waals surface area contributed by atoms with Gasteiger partial charge in [-0.2, -0.15) is 0 Å². The van der Waals surface area contributed by atoms with E-state index in [1.54, 1.807) is 83.5 Å². The number of rotatable bonds is 18. The summed E-state index contributed by atoms with van der Waals surface area (Å²) in [5.74, 6) is -7.46. The monoisotopic (exact) mass is 1330 g/mol. The second-order valence-electron chi connectivity index (χ2n) is 24.4. The van der Waals surface area contributed by atoms with E-state index in [0.29, 0.717) is 118 Å². The van der Waals surface area contributed by atoms with Crippen LogP contribution in [0.15, 0.2) is 54.6 Å². The number of Topliss-reactive ketones (excluding diaryl/α,β-unsaturated/α-hetero) is 4. The molecule has 0 spiro atoms. The first kappa shape index (κ1) is 72.6. The quantitative estimate of drug-likeness (QED) is 0.0325. The van der Waals surface area contributed by atoms with Crippen molar-refractivity contribution in [2.24, 2.45) is 21.1 Å². The Morgan fingerprint density at radius 2 is 0.768 bits per heavy atom. The Hall–Kier alpha value is -9.83. The van der Waals surface area contributed by atoms with Crippen molar-refractivity contribution in [3.63, 3.8) is 0 Å². The number of halogens is 3. The minimum atomic E-state index is -3.33. The van der Waals surface area contributed by atoms with Crippen LogP contribution >= 0.6 is 0 Å². The summed E-state index contributed by atoms with van der Waals surface area (Å²) in [6, 6.07) is 11.3. The third-order valence-corrected chi connectivity index (χ3v) is 18.1. The number of hydrogen-bond donors (Lipinski definition) is 8. The molecule has 0 radical (unpaired) electrons. The first-order valence-corrected chi connectivity index (χ1v) is 32.3. The molecular weight excluding hydrogens is 1260 g/mol. The summed E-state index contributed by atoms with van der Waals surface area (Å²) >= 11 is 0. The highest BCUT2D eigenvalue weighted by Crippen LogP contribution is 2.29. The van der Waals surface area contributed by atoms with Gasteiger partial charge in [0.25, 0.3) is 52.8 Å². The normalized spacial score (nSPS) is 17.1. The van der Waals surface area contributed by atoms with E-state index in [2.05, 4.69) is 41.9 Å². The van der Waals surface area contributed by atoms with Gasteiger partial charge in [-0.15, -0.1) is 0 Å². The van der Waals surface area contributed by atoms with Crippen molar-refractivity contribution in [1.82, 2.24) is 39.7 Å². The highest BCUT2D eigenvalue weighted by Gasteiger charge is 2.38. The number of aromatic nitrogens is 3. The van der Waals surface area contributed by atoms with Gasteiger partial charge in [0.05, 0.1) is 46.1 Å². The lowest BCUT2D eigenvalue weighted by molar-refractivity contribution is -0.124. The van der Waals surface area contributed by atoms with Gasteiger partial charge >= 0.3 is 0 Å². The molecular formula is C67H78F3N11O13S. The molecule has 95 heavy (non-hydrogen) atoms. The minimum Gasteiger partial charge on any atom is -0.353 e. The van der Waals surface area contributed by atoms with E-state index in [4.69, 9.17) is 0 Å². The van der Waals surface area contributed by atoms with E-state index in [-0.39, 0.29) is 81.5 Å². The first-order chi connectivity index (χ1) is 44.4. The molecule has 1 atom stereocenters. The van der Waals surface area contributed by atoms with Crippen molar-refractivity contribution in [2.75, 3.05) is 22.2 Å². The molecule has 3 heterocycles. The maximum absolute atomic E-state index is 13.5. The molecule has 3 saturated carbocycles. The molecule has 0 bridgehead atoms. The van der Waals surface area contributed by atoms with Gasteiger partial charge < -0.3 is 50.9 Å². The van der Waals surface area contributed by atoms with Crippen LogP contribution in [-0.2, 0) is 55.1 Å². The SMILES string of the molecule is CC(=O)NC1CC(NC(=O)C(=O)c2c(C)c(C(=O)Nc3ccc(F)c(C)c3)c(C)n2C)C1.Cc1cc(NC(=O)c2c(C)c(C(=O)C(=O)NC3CC(NS(C)(=O)=O)C3)n(C)c2C)ccc1F.Cc1cc(NC(=O)c2c(C)c(C(=O)C(=O)N[C@H]3CCCC3=O)n(C)c2C)ccc1F. The summed E-state index contributed by atoms with van der Waals surface area (Å²) in [7, 11) is 1.48. The van der Waals surface area contributed by atoms with Gasteiger partial charge in [0.15, 0.2) is 5.78 Å². The number of ketones is 4. The van der Waals surface area contributed by atoms with Crippen LogP contribution in [0.25, 0.3) is 0 Å². The molecule has 24 nitrogen and oxygen atoms in total. The Balaban J connectivity index is 0.000000202. The standard InChI is InChI=1S/C23H27FN4O4.C22H27FN4O5S.C22H24FN3O4/c1-11-8-15(6-7-18(11)24)26-22(31)19-12(2)20(28(5)13(19)3)21(30)23(32)27-17-9-16(10-17)25-14(4)29;1-11-8-14(6-7-17(11)23)24-21(29)18-12(2)19(27(4)13(18)3)20(28)22(30)25-15-9-16(10-15)26-33(5,31)32;1-11-10-14(8-9-15(11)23)24-21(29)18-12(2)19(26(4)13(18)3)20(28)22(30)25-16-6-5-7-17(16)27/h6-8,16-17H,9-10H2,1-5H3,(H,25,29)(H,26,31)(H,27,32);6-8,15-16,26H,9-10H2,1-5H3,(H,24,29)(H,25,30);8-10,16H,5-7H2,1-4H3,(H,24,29)(H,25,30)/t;;16-/m..0/s1. The molecule has 3 fully saturated rings. The Morgan fingerprint density at radius 3 is 1.05 bits per heavy atom. The number of aryl methyl sites for hydroxylation is 3. The number of carbonyl (C=O) groups excluding carboxylic acids is 11. The minimum absolute atomic E-state index is 0.00249. The van der Waals surface area contributed by atoms with Crippen molar-refractivity contribution in [2.45, 2.75) is 144 Å². The Morgan fingerprint density at radius 1 is 0.463 bits per heavy atom. The molecule has 3 aromatic carbocycles. The highest BCUT2D eigenvalue weighted by atomic mass is 32.2. The van der Waals surface area contributed by atoms with E-state index in [1.165, 1.54) is 75.2 Å². The van der Waals surface area contributed by atoms with Gasteiger partial charge in [-0.3, -0.25) is 52.7 Å². The molecule has 6 aromatic rings. The first-order valence-electron chi connectivity index (χ1n) is 30.4. The lowest BCUT2D eigenvalue weighted by Gasteiger charge is -2.35. The molecule has 0 saturated heterocycles. The van der Waals surface area contributed by atoms with Gasteiger partial charge in [0, 0.05) is 92.8 Å². The van der Waals surface area contributed by atoms with Gasteiger partial charge in [-0.05, 0) is 189 Å². The fourth-order valence-electron chi connectivity index (χ4n) is 11.9. The largest absolute Gasteiger partial charge is 0.353 e. The zero-order valence-corrected chi connectivity index (χ0v) is 56.0. The van der Waals surface area contributed by atoms with Crippen LogP contribution in [0.3, 0.4) is 0 Å². The lowest BCUT2D eigenvalue weighted by atomic mass is 9.86. The van der Waals surface area contributed by atoms with Crippen LogP contribution < -0.4 is 41.9 Å². The predicted octanol–water partition coefficient (Wildman–Crippen LogP) is 6.79. The van der Waals surface area contributed by atoms with Gasteiger partial charge in [0.1, 0.15) is 17.5 Å². The molecule has 0 unspecified atom stereocenters. The second kappa shape index (κ2) is 29.6. The molecule has 7 amide bonds. The molecule has 28 heteroatoms. The average Bonchev–Trinajstić information content (AvgIpc) is 1.63. The number of nitrogens with zero attached hydrogens (tertiary/aromatic N) is 3. The molecule has 8 N–H and O–H groups in total. The van der Waals surface area contributed by atoms with Crippen molar-refractivity contribution in [3.05, 3.63) is 156 Å². The van der Waals surface area contributed by atoms with Gasteiger partial charge in [0.2, 0.25) is 15.9 Å².